The molecule has 0 amide bonds. The van der Waals surface area contributed by atoms with E-state index in [2.05, 4.69) is 19.2 Å². The van der Waals surface area contributed by atoms with Gasteiger partial charge in [-0.25, -0.2) is 4.39 Å². The van der Waals surface area contributed by atoms with Gasteiger partial charge in [0.05, 0.1) is 0 Å². The highest BCUT2D eigenvalue weighted by Crippen LogP contribution is 2.30. The van der Waals surface area contributed by atoms with Gasteiger partial charge in [-0.15, -0.1) is 0 Å². The molecule has 2 atom stereocenters. The molecule has 1 aromatic carbocycles. The molecule has 1 aromatic rings. The summed E-state index contributed by atoms with van der Waals surface area (Å²) in [5.41, 5.74) is 1.03. The molecule has 1 N–H and O–H groups in total. The molecule has 0 aromatic heterocycles. The van der Waals surface area contributed by atoms with E-state index >= 15 is 0 Å². The van der Waals surface area contributed by atoms with Gasteiger partial charge in [0.1, 0.15) is 5.82 Å². The van der Waals surface area contributed by atoms with Crippen molar-refractivity contribution in [2.24, 2.45) is 5.92 Å². The SMILES string of the molecule is CC(CC1CCC1)NC(C)c1cccc(F)c1. The molecule has 17 heavy (non-hydrogen) atoms. The maximum atomic E-state index is 13.1. The molecule has 1 aliphatic rings. The van der Waals surface area contributed by atoms with Gasteiger partial charge >= 0.3 is 0 Å². The maximum absolute atomic E-state index is 13.1. The largest absolute Gasteiger partial charge is 0.308 e. The third-order valence-electron chi connectivity index (χ3n) is 3.79. The Labute approximate surface area is 103 Å². The van der Waals surface area contributed by atoms with Crippen molar-refractivity contribution >= 4 is 0 Å². The summed E-state index contributed by atoms with van der Waals surface area (Å²) in [6, 6.07) is 7.61. The number of nitrogens with one attached hydrogen (secondary N) is 1. The van der Waals surface area contributed by atoms with E-state index in [4.69, 9.17) is 0 Å². The maximum Gasteiger partial charge on any atom is 0.123 e. The Balaban J connectivity index is 1.84. The molecular weight excluding hydrogens is 213 g/mol. The Morgan fingerprint density at radius 3 is 2.71 bits per heavy atom. The number of benzene rings is 1. The Kier molecular flexibility index (Phi) is 4.16. The van der Waals surface area contributed by atoms with Crippen molar-refractivity contribution in [1.82, 2.24) is 5.32 Å². The molecule has 94 valence electrons. The summed E-state index contributed by atoms with van der Waals surface area (Å²) >= 11 is 0. The van der Waals surface area contributed by atoms with E-state index in [1.165, 1.54) is 31.7 Å². The molecule has 1 saturated carbocycles. The lowest BCUT2D eigenvalue weighted by molar-refractivity contribution is 0.259. The Morgan fingerprint density at radius 1 is 1.35 bits per heavy atom. The van der Waals surface area contributed by atoms with E-state index < -0.39 is 0 Å². The first kappa shape index (κ1) is 12.6. The molecule has 2 heteroatoms. The van der Waals surface area contributed by atoms with E-state index in [0.717, 1.165) is 11.5 Å². The zero-order chi connectivity index (χ0) is 12.3. The van der Waals surface area contributed by atoms with Gasteiger partial charge in [0.25, 0.3) is 0 Å². The molecule has 1 fully saturated rings. The van der Waals surface area contributed by atoms with Crippen molar-refractivity contribution < 1.29 is 4.39 Å². The predicted molar refractivity (Wildman–Crippen MR) is 69.4 cm³/mol. The van der Waals surface area contributed by atoms with Crippen LogP contribution in [0.5, 0.6) is 0 Å². The summed E-state index contributed by atoms with van der Waals surface area (Å²) in [5, 5.41) is 3.56. The standard InChI is InChI=1S/C15H22FN/c1-11(9-13-5-3-6-13)17-12(2)14-7-4-8-15(16)10-14/h4,7-8,10-13,17H,3,5-6,9H2,1-2H3. The van der Waals surface area contributed by atoms with Gasteiger partial charge in [-0.3, -0.25) is 0 Å². The molecule has 1 aliphatic carbocycles. The van der Waals surface area contributed by atoms with Gasteiger partial charge in [-0.1, -0.05) is 31.4 Å². The fraction of sp³-hybridized carbons (Fsp3) is 0.600. The second-order valence-corrected chi connectivity index (χ2v) is 5.38. The van der Waals surface area contributed by atoms with Crippen LogP contribution in [0.2, 0.25) is 0 Å². The van der Waals surface area contributed by atoms with Crippen molar-refractivity contribution in [3.63, 3.8) is 0 Å². The van der Waals surface area contributed by atoms with Crippen LogP contribution in [0.25, 0.3) is 0 Å². The minimum absolute atomic E-state index is 0.150. The van der Waals surface area contributed by atoms with Crippen LogP contribution in [0.15, 0.2) is 24.3 Å². The number of hydrogen-bond acceptors (Lipinski definition) is 1. The number of hydrogen-bond donors (Lipinski definition) is 1. The quantitative estimate of drug-likeness (QED) is 0.811. The van der Waals surface area contributed by atoms with E-state index in [1.807, 2.05) is 6.07 Å². The zero-order valence-electron chi connectivity index (χ0n) is 10.7. The van der Waals surface area contributed by atoms with Crippen LogP contribution < -0.4 is 5.32 Å². The highest BCUT2D eigenvalue weighted by molar-refractivity contribution is 5.19. The van der Waals surface area contributed by atoms with Crippen molar-refractivity contribution in [2.75, 3.05) is 0 Å². The van der Waals surface area contributed by atoms with Crippen LogP contribution in [0.1, 0.15) is 51.1 Å². The molecule has 0 bridgehead atoms. The van der Waals surface area contributed by atoms with Crippen LogP contribution in [0.4, 0.5) is 4.39 Å². The monoisotopic (exact) mass is 235 g/mol. The number of rotatable bonds is 5. The molecule has 0 radical (unpaired) electrons. The molecule has 0 saturated heterocycles. The van der Waals surface area contributed by atoms with Gasteiger partial charge in [0.2, 0.25) is 0 Å². The van der Waals surface area contributed by atoms with Crippen LogP contribution in [0.3, 0.4) is 0 Å². The van der Waals surface area contributed by atoms with Gasteiger partial charge < -0.3 is 5.32 Å². The van der Waals surface area contributed by atoms with Crippen molar-refractivity contribution in [3.05, 3.63) is 35.6 Å². The molecule has 0 heterocycles. The summed E-state index contributed by atoms with van der Waals surface area (Å²) in [4.78, 5) is 0. The summed E-state index contributed by atoms with van der Waals surface area (Å²) in [6.07, 6.45) is 5.43. The van der Waals surface area contributed by atoms with Crippen molar-refractivity contribution in [3.8, 4) is 0 Å². The van der Waals surface area contributed by atoms with Crippen molar-refractivity contribution in [2.45, 2.75) is 51.6 Å². The Morgan fingerprint density at radius 2 is 2.12 bits per heavy atom. The molecule has 0 spiro atoms. The Bertz CT molecular complexity index is 360. The summed E-state index contributed by atoms with van der Waals surface area (Å²) in [6.45, 7) is 4.33. The highest BCUT2D eigenvalue weighted by atomic mass is 19.1. The summed E-state index contributed by atoms with van der Waals surface area (Å²) in [5.74, 6) is 0.764. The average molecular weight is 235 g/mol. The first-order chi connectivity index (χ1) is 8.15. The summed E-state index contributed by atoms with van der Waals surface area (Å²) in [7, 11) is 0. The third-order valence-corrected chi connectivity index (χ3v) is 3.79. The molecule has 2 unspecified atom stereocenters. The van der Waals surface area contributed by atoms with Gasteiger partial charge in [-0.2, -0.15) is 0 Å². The minimum Gasteiger partial charge on any atom is -0.308 e. The van der Waals surface area contributed by atoms with E-state index in [9.17, 15) is 4.39 Å². The fourth-order valence-electron chi connectivity index (χ4n) is 2.60. The second-order valence-electron chi connectivity index (χ2n) is 5.38. The van der Waals surface area contributed by atoms with Crippen LogP contribution in [0, 0.1) is 11.7 Å². The van der Waals surface area contributed by atoms with Crippen LogP contribution >= 0.6 is 0 Å². The second kappa shape index (κ2) is 5.63. The van der Waals surface area contributed by atoms with Gasteiger partial charge in [0, 0.05) is 12.1 Å². The average Bonchev–Trinajstić information content (AvgIpc) is 2.23. The smallest absolute Gasteiger partial charge is 0.123 e. The normalized spacial score (nSPS) is 19.7. The topological polar surface area (TPSA) is 12.0 Å². The first-order valence-electron chi connectivity index (χ1n) is 6.66. The molecule has 1 nitrogen and oxygen atoms in total. The number of halogens is 1. The molecule has 0 aliphatic heterocycles. The molecular formula is C15H22FN. The van der Waals surface area contributed by atoms with E-state index in [1.54, 1.807) is 12.1 Å². The van der Waals surface area contributed by atoms with Crippen LogP contribution in [-0.2, 0) is 0 Å². The van der Waals surface area contributed by atoms with Gasteiger partial charge in [-0.05, 0) is 43.9 Å². The summed E-state index contributed by atoms with van der Waals surface area (Å²) < 4.78 is 13.1. The highest BCUT2D eigenvalue weighted by Gasteiger charge is 2.20. The Hall–Kier alpha value is -0.890. The first-order valence-corrected chi connectivity index (χ1v) is 6.66. The van der Waals surface area contributed by atoms with Gasteiger partial charge in [0.15, 0.2) is 0 Å². The molecule has 2 rings (SSSR count). The van der Waals surface area contributed by atoms with Crippen LogP contribution in [-0.4, -0.2) is 6.04 Å². The van der Waals surface area contributed by atoms with E-state index in [-0.39, 0.29) is 11.9 Å². The third kappa shape index (κ3) is 3.53. The minimum atomic E-state index is -0.150. The van der Waals surface area contributed by atoms with Crippen molar-refractivity contribution in [1.29, 1.82) is 0 Å². The lowest BCUT2D eigenvalue weighted by Gasteiger charge is -2.30. The lowest BCUT2D eigenvalue weighted by atomic mass is 9.81. The zero-order valence-corrected chi connectivity index (χ0v) is 10.7. The van der Waals surface area contributed by atoms with E-state index in [0.29, 0.717) is 6.04 Å². The lowest BCUT2D eigenvalue weighted by Crippen LogP contribution is -2.32. The fourth-order valence-corrected chi connectivity index (χ4v) is 2.60. The predicted octanol–water partition coefficient (Wildman–Crippen LogP) is 4.06.